The Morgan fingerprint density at radius 3 is 2.76 bits per heavy atom. The molecular formula is C13H17ClN2O5. The summed E-state index contributed by atoms with van der Waals surface area (Å²) < 4.78 is 5.37. The van der Waals surface area contributed by atoms with Crippen LogP contribution >= 0.6 is 11.6 Å². The highest BCUT2D eigenvalue weighted by atomic mass is 35.5. The molecule has 0 amide bonds. The van der Waals surface area contributed by atoms with Crippen LogP contribution in [0.4, 0.5) is 5.69 Å². The second-order valence-corrected chi connectivity index (χ2v) is 5.13. The van der Waals surface area contributed by atoms with E-state index >= 15 is 0 Å². The third-order valence-electron chi connectivity index (χ3n) is 2.88. The number of aliphatic carboxylic acids is 1. The zero-order valence-electron chi connectivity index (χ0n) is 11.8. The van der Waals surface area contributed by atoms with Crippen molar-refractivity contribution >= 4 is 23.3 Å². The molecule has 0 heterocycles. The van der Waals surface area contributed by atoms with Crippen LogP contribution in [-0.2, 0) is 4.79 Å². The summed E-state index contributed by atoms with van der Waals surface area (Å²) in [6.45, 7) is 3.70. The third-order valence-corrected chi connectivity index (χ3v) is 3.19. The number of non-ortho nitro benzene ring substituents is 1. The Morgan fingerprint density at radius 2 is 2.24 bits per heavy atom. The molecule has 0 bridgehead atoms. The number of hydrogen-bond donors (Lipinski definition) is 2. The molecule has 7 nitrogen and oxygen atoms in total. The van der Waals surface area contributed by atoms with E-state index in [2.05, 4.69) is 5.32 Å². The predicted molar refractivity (Wildman–Crippen MR) is 77.9 cm³/mol. The summed E-state index contributed by atoms with van der Waals surface area (Å²) in [6, 6.07) is 3.76. The quantitative estimate of drug-likeness (QED) is 0.564. The minimum absolute atomic E-state index is 0.0802. The van der Waals surface area contributed by atoms with Crippen molar-refractivity contribution in [1.82, 2.24) is 5.32 Å². The van der Waals surface area contributed by atoms with Gasteiger partial charge in [0.1, 0.15) is 17.9 Å². The molecule has 0 aliphatic rings. The number of carboxylic acids is 1. The average Bonchev–Trinajstić information content (AvgIpc) is 2.43. The van der Waals surface area contributed by atoms with E-state index in [1.807, 2.05) is 6.92 Å². The fourth-order valence-electron chi connectivity index (χ4n) is 1.53. The highest BCUT2D eigenvalue weighted by Gasteiger charge is 2.33. The normalized spacial score (nSPS) is 13.5. The topological polar surface area (TPSA) is 102 Å². The van der Waals surface area contributed by atoms with Crippen LogP contribution in [0.5, 0.6) is 5.75 Å². The summed E-state index contributed by atoms with van der Waals surface area (Å²) in [4.78, 5) is 21.5. The number of hydrogen-bond acceptors (Lipinski definition) is 5. The number of nitrogens with zero attached hydrogens (tertiary/aromatic N) is 1. The maximum absolute atomic E-state index is 11.3. The minimum atomic E-state index is -1.30. The van der Waals surface area contributed by atoms with E-state index in [1.54, 1.807) is 0 Å². The van der Waals surface area contributed by atoms with E-state index in [9.17, 15) is 20.0 Å². The number of nitrogens with one attached hydrogen (secondary N) is 1. The van der Waals surface area contributed by atoms with Gasteiger partial charge in [-0.1, -0.05) is 18.5 Å². The summed E-state index contributed by atoms with van der Waals surface area (Å²) >= 11 is 5.90. The van der Waals surface area contributed by atoms with Crippen molar-refractivity contribution < 1.29 is 19.6 Å². The highest BCUT2D eigenvalue weighted by molar-refractivity contribution is 6.32. The van der Waals surface area contributed by atoms with Gasteiger partial charge in [-0.15, -0.1) is 0 Å². The molecule has 0 aliphatic heterocycles. The Kier molecular flexibility index (Phi) is 5.92. The molecule has 1 rings (SSSR count). The minimum Gasteiger partial charge on any atom is -0.489 e. The lowest BCUT2D eigenvalue weighted by Crippen LogP contribution is -2.54. The van der Waals surface area contributed by atoms with Crippen LogP contribution in [0.1, 0.15) is 20.3 Å². The van der Waals surface area contributed by atoms with Crippen molar-refractivity contribution in [3.8, 4) is 5.75 Å². The largest absolute Gasteiger partial charge is 0.489 e. The van der Waals surface area contributed by atoms with E-state index in [0.29, 0.717) is 6.54 Å². The number of ether oxygens (including phenoxy) is 1. The smallest absolute Gasteiger partial charge is 0.327 e. The van der Waals surface area contributed by atoms with Crippen LogP contribution in [0.3, 0.4) is 0 Å². The first-order valence-corrected chi connectivity index (χ1v) is 6.73. The molecule has 8 heteroatoms. The van der Waals surface area contributed by atoms with E-state index < -0.39 is 16.4 Å². The van der Waals surface area contributed by atoms with Gasteiger partial charge >= 0.3 is 5.97 Å². The zero-order chi connectivity index (χ0) is 16.0. The van der Waals surface area contributed by atoms with E-state index in [4.69, 9.17) is 16.3 Å². The second kappa shape index (κ2) is 7.24. The number of halogens is 1. The maximum Gasteiger partial charge on any atom is 0.327 e. The Balaban J connectivity index is 2.87. The van der Waals surface area contributed by atoms with Gasteiger partial charge < -0.3 is 9.84 Å². The molecule has 1 atom stereocenters. The number of carboxylic acid groups (broad SMARTS) is 1. The standard InChI is InChI=1S/C13H17ClN2O5/c1-3-6-15-13(2,12(17)18)8-21-11-7-9(16(19)20)4-5-10(11)14/h4-5,7,15H,3,6,8H2,1-2H3,(H,17,18). The first-order valence-electron chi connectivity index (χ1n) is 6.35. The van der Waals surface area contributed by atoms with Crippen molar-refractivity contribution in [2.45, 2.75) is 25.8 Å². The van der Waals surface area contributed by atoms with Crippen LogP contribution in [0.2, 0.25) is 5.02 Å². The highest BCUT2D eigenvalue weighted by Crippen LogP contribution is 2.29. The number of nitro benzene ring substituents is 1. The summed E-state index contributed by atoms with van der Waals surface area (Å²) in [7, 11) is 0. The number of nitro groups is 1. The van der Waals surface area contributed by atoms with Crippen molar-refractivity contribution in [3.05, 3.63) is 33.3 Å². The predicted octanol–water partition coefficient (Wildman–Crippen LogP) is 2.47. The van der Waals surface area contributed by atoms with Gasteiger partial charge in [0.25, 0.3) is 5.69 Å². The number of benzene rings is 1. The molecule has 0 saturated carbocycles. The van der Waals surface area contributed by atoms with Crippen molar-refractivity contribution in [2.24, 2.45) is 0 Å². The Labute approximate surface area is 127 Å². The Bertz CT molecular complexity index is 537. The molecule has 0 radical (unpaired) electrons. The van der Waals surface area contributed by atoms with Crippen LogP contribution in [0, 0.1) is 10.1 Å². The van der Waals surface area contributed by atoms with Crippen molar-refractivity contribution in [1.29, 1.82) is 0 Å². The number of carbonyl (C=O) groups is 1. The first kappa shape index (κ1) is 17.2. The van der Waals surface area contributed by atoms with Gasteiger partial charge in [-0.2, -0.15) is 0 Å². The van der Waals surface area contributed by atoms with E-state index in [1.165, 1.54) is 25.1 Å². The SMILES string of the molecule is CCCNC(C)(COc1cc([N+](=O)[O-])ccc1Cl)C(=O)O. The zero-order valence-corrected chi connectivity index (χ0v) is 12.5. The van der Waals surface area contributed by atoms with Crippen LogP contribution < -0.4 is 10.1 Å². The van der Waals surface area contributed by atoms with Crippen LogP contribution in [-0.4, -0.2) is 34.7 Å². The summed E-state index contributed by atoms with van der Waals surface area (Å²) in [5.41, 5.74) is -1.47. The van der Waals surface area contributed by atoms with Crippen molar-refractivity contribution in [2.75, 3.05) is 13.2 Å². The Morgan fingerprint density at radius 1 is 1.57 bits per heavy atom. The molecule has 1 unspecified atom stereocenters. The maximum atomic E-state index is 11.3. The molecule has 1 aromatic rings. The molecule has 116 valence electrons. The molecule has 0 spiro atoms. The fourth-order valence-corrected chi connectivity index (χ4v) is 1.70. The lowest BCUT2D eigenvalue weighted by atomic mass is 10.0. The third kappa shape index (κ3) is 4.57. The molecular weight excluding hydrogens is 300 g/mol. The first-order chi connectivity index (χ1) is 9.80. The lowest BCUT2D eigenvalue weighted by Gasteiger charge is -2.26. The van der Waals surface area contributed by atoms with Gasteiger partial charge in [0.05, 0.1) is 16.0 Å². The fraction of sp³-hybridized carbons (Fsp3) is 0.462. The molecule has 0 aromatic heterocycles. The lowest BCUT2D eigenvalue weighted by molar-refractivity contribution is -0.384. The van der Waals surface area contributed by atoms with E-state index in [-0.39, 0.29) is 23.1 Å². The monoisotopic (exact) mass is 316 g/mol. The van der Waals surface area contributed by atoms with Gasteiger partial charge in [-0.3, -0.25) is 20.2 Å². The summed E-state index contributed by atoms with van der Waals surface area (Å²) in [5.74, 6) is -0.992. The van der Waals surface area contributed by atoms with Gasteiger partial charge in [0.15, 0.2) is 0 Å². The second-order valence-electron chi connectivity index (χ2n) is 4.72. The molecule has 2 N–H and O–H groups in total. The molecule has 0 fully saturated rings. The van der Waals surface area contributed by atoms with Crippen LogP contribution in [0.15, 0.2) is 18.2 Å². The van der Waals surface area contributed by atoms with Crippen molar-refractivity contribution in [3.63, 3.8) is 0 Å². The summed E-state index contributed by atoms with van der Waals surface area (Å²) in [5, 5.41) is 23.0. The van der Waals surface area contributed by atoms with Gasteiger partial charge in [0.2, 0.25) is 0 Å². The van der Waals surface area contributed by atoms with Gasteiger partial charge in [-0.05, 0) is 26.0 Å². The molecule has 1 aromatic carbocycles. The van der Waals surface area contributed by atoms with Gasteiger partial charge in [0, 0.05) is 6.07 Å². The van der Waals surface area contributed by atoms with E-state index in [0.717, 1.165) is 6.42 Å². The van der Waals surface area contributed by atoms with Crippen LogP contribution in [0.25, 0.3) is 0 Å². The summed E-state index contributed by atoms with van der Waals surface area (Å²) in [6.07, 6.45) is 0.764. The van der Waals surface area contributed by atoms with Gasteiger partial charge in [-0.25, -0.2) is 0 Å². The average molecular weight is 317 g/mol. The molecule has 0 aliphatic carbocycles. The molecule has 0 saturated heterocycles. The Hall–Kier alpha value is -1.86. The molecule has 21 heavy (non-hydrogen) atoms. The number of rotatable bonds is 8.